The summed E-state index contributed by atoms with van der Waals surface area (Å²) in [5.74, 6) is -0.627. The van der Waals surface area contributed by atoms with Crippen molar-refractivity contribution in [1.82, 2.24) is 4.98 Å². The van der Waals surface area contributed by atoms with Gasteiger partial charge in [-0.2, -0.15) is 0 Å². The molecule has 0 radical (unpaired) electrons. The van der Waals surface area contributed by atoms with E-state index in [9.17, 15) is 14.5 Å². The van der Waals surface area contributed by atoms with Gasteiger partial charge in [0.1, 0.15) is 16.7 Å². The van der Waals surface area contributed by atoms with Crippen LogP contribution in [0, 0.1) is 15.9 Å². The summed E-state index contributed by atoms with van der Waals surface area (Å²) in [4.78, 5) is 14.5. The molecule has 0 aliphatic carbocycles. The minimum Gasteiger partial charge on any atom is -0.397 e. The number of pyridine rings is 1. The van der Waals surface area contributed by atoms with Gasteiger partial charge in [-0.15, -0.1) is 0 Å². The third-order valence-electron chi connectivity index (χ3n) is 3.00. The zero-order valence-electron chi connectivity index (χ0n) is 9.63. The van der Waals surface area contributed by atoms with Gasteiger partial charge in [0.25, 0.3) is 5.69 Å². The molecular weight excluding hydrogens is 249 g/mol. The van der Waals surface area contributed by atoms with Gasteiger partial charge in [-0.3, -0.25) is 10.1 Å². The standard InChI is InChI=1S/C13H8FN3O2/c14-8-5-6-10(17(18)19)11-12(15)7-3-1-2-4-9(7)16-13(8)11/h1-6H,(H2,15,16). The highest BCUT2D eigenvalue weighted by atomic mass is 19.1. The highest BCUT2D eigenvalue weighted by molar-refractivity contribution is 6.10. The minimum absolute atomic E-state index is 0.0451. The molecule has 0 atom stereocenters. The van der Waals surface area contributed by atoms with Crippen molar-refractivity contribution >= 4 is 33.2 Å². The Balaban J connectivity index is 2.61. The topological polar surface area (TPSA) is 82.0 Å². The highest BCUT2D eigenvalue weighted by Crippen LogP contribution is 2.35. The van der Waals surface area contributed by atoms with Gasteiger partial charge in [0, 0.05) is 11.5 Å². The molecular formula is C13H8FN3O2. The van der Waals surface area contributed by atoms with Crippen LogP contribution in [-0.2, 0) is 0 Å². The number of nitrogens with two attached hydrogens (primary N) is 1. The van der Waals surface area contributed by atoms with E-state index in [1.807, 2.05) is 0 Å². The molecule has 0 saturated heterocycles. The molecule has 3 aromatic rings. The maximum atomic E-state index is 13.8. The first-order valence-electron chi connectivity index (χ1n) is 5.50. The normalized spacial score (nSPS) is 11.0. The van der Waals surface area contributed by atoms with Crippen molar-refractivity contribution in [2.45, 2.75) is 0 Å². The number of aromatic nitrogens is 1. The summed E-state index contributed by atoms with van der Waals surface area (Å²) in [5, 5.41) is 11.6. The van der Waals surface area contributed by atoms with Crippen LogP contribution in [0.2, 0.25) is 0 Å². The number of hydrogen-bond donors (Lipinski definition) is 1. The number of fused-ring (bicyclic) bond motifs is 2. The van der Waals surface area contributed by atoms with Crippen LogP contribution in [-0.4, -0.2) is 9.91 Å². The lowest BCUT2D eigenvalue weighted by molar-refractivity contribution is -0.383. The Kier molecular flexibility index (Phi) is 2.31. The van der Waals surface area contributed by atoms with Crippen LogP contribution in [0.3, 0.4) is 0 Å². The van der Waals surface area contributed by atoms with E-state index in [2.05, 4.69) is 4.98 Å². The first-order chi connectivity index (χ1) is 9.09. The minimum atomic E-state index is -0.627. The molecule has 2 aromatic carbocycles. The Bertz CT molecular complexity index is 833. The van der Waals surface area contributed by atoms with Crippen LogP contribution in [0.25, 0.3) is 21.8 Å². The molecule has 1 heterocycles. The number of para-hydroxylation sites is 1. The summed E-state index contributed by atoms with van der Waals surface area (Å²) >= 11 is 0. The van der Waals surface area contributed by atoms with Crippen LogP contribution in [0.1, 0.15) is 0 Å². The van der Waals surface area contributed by atoms with Crippen molar-refractivity contribution < 1.29 is 9.31 Å². The van der Waals surface area contributed by atoms with Crippen molar-refractivity contribution in [2.75, 3.05) is 5.73 Å². The number of halogens is 1. The number of nitrogen functional groups attached to an aromatic ring is 1. The molecule has 0 saturated carbocycles. The second kappa shape index (κ2) is 3.88. The molecule has 3 rings (SSSR count). The fourth-order valence-electron chi connectivity index (χ4n) is 2.14. The summed E-state index contributed by atoms with van der Waals surface area (Å²) < 4.78 is 13.8. The Morgan fingerprint density at radius 1 is 1.21 bits per heavy atom. The molecule has 0 spiro atoms. The number of nitrogens with zero attached hydrogens (tertiary/aromatic N) is 2. The molecule has 5 nitrogen and oxygen atoms in total. The zero-order valence-corrected chi connectivity index (χ0v) is 9.63. The van der Waals surface area contributed by atoms with E-state index in [0.29, 0.717) is 10.9 Å². The number of anilines is 1. The number of nitro groups is 1. The Labute approximate surface area is 106 Å². The van der Waals surface area contributed by atoms with Crippen LogP contribution in [0.4, 0.5) is 15.8 Å². The number of hydrogen-bond acceptors (Lipinski definition) is 4. The summed E-state index contributed by atoms with van der Waals surface area (Å²) in [5.41, 5.74) is 6.31. The van der Waals surface area contributed by atoms with E-state index in [1.54, 1.807) is 24.3 Å². The molecule has 0 unspecified atom stereocenters. The second-order valence-electron chi connectivity index (χ2n) is 4.09. The van der Waals surface area contributed by atoms with Crippen molar-refractivity contribution in [3.8, 4) is 0 Å². The van der Waals surface area contributed by atoms with E-state index in [4.69, 9.17) is 5.73 Å². The average Bonchev–Trinajstić information content (AvgIpc) is 2.40. The monoisotopic (exact) mass is 257 g/mol. The quantitative estimate of drug-likeness (QED) is 0.412. The van der Waals surface area contributed by atoms with Crippen LogP contribution in [0.5, 0.6) is 0 Å². The smallest absolute Gasteiger partial charge is 0.281 e. The summed E-state index contributed by atoms with van der Waals surface area (Å²) in [6.07, 6.45) is 0. The van der Waals surface area contributed by atoms with Crippen molar-refractivity contribution in [3.05, 3.63) is 52.3 Å². The predicted molar refractivity (Wildman–Crippen MR) is 70.3 cm³/mol. The molecule has 94 valence electrons. The molecule has 0 fully saturated rings. The summed E-state index contributed by atoms with van der Waals surface area (Å²) in [7, 11) is 0. The van der Waals surface area contributed by atoms with Crippen molar-refractivity contribution in [1.29, 1.82) is 0 Å². The molecule has 19 heavy (non-hydrogen) atoms. The number of benzene rings is 2. The van der Waals surface area contributed by atoms with Crippen LogP contribution in [0.15, 0.2) is 36.4 Å². The van der Waals surface area contributed by atoms with Crippen molar-refractivity contribution in [3.63, 3.8) is 0 Å². The first kappa shape index (κ1) is 11.3. The lowest BCUT2D eigenvalue weighted by atomic mass is 10.1. The molecule has 0 aliphatic rings. The van der Waals surface area contributed by atoms with Gasteiger partial charge >= 0.3 is 0 Å². The van der Waals surface area contributed by atoms with Gasteiger partial charge in [0.2, 0.25) is 0 Å². The van der Waals surface area contributed by atoms with Gasteiger partial charge in [-0.1, -0.05) is 18.2 Å². The van der Waals surface area contributed by atoms with E-state index < -0.39 is 10.7 Å². The van der Waals surface area contributed by atoms with Gasteiger partial charge in [0.15, 0.2) is 0 Å². The molecule has 2 N–H and O–H groups in total. The molecule has 6 heteroatoms. The Morgan fingerprint density at radius 3 is 2.68 bits per heavy atom. The lowest BCUT2D eigenvalue weighted by Crippen LogP contribution is -1.98. The fraction of sp³-hybridized carbons (Fsp3) is 0. The SMILES string of the molecule is Nc1c2ccccc2nc2c(F)ccc([N+](=O)[O-])c12. The van der Waals surface area contributed by atoms with Crippen molar-refractivity contribution in [2.24, 2.45) is 0 Å². The molecule has 0 bridgehead atoms. The summed E-state index contributed by atoms with van der Waals surface area (Å²) in [6, 6.07) is 9.01. The largest absolute Gasteiger partial charge is 0.397 e. The van der Waals surface area contributed by atoms with Gasteiger partial charge in [-0.25, -0.2) is 9.37 Å². The van der Waals surface area contributed by atoms with Gasteiger partial charge in [0.05, 0.1) is 16.1 Å². The molecule has 0 amide bonds. The number of rotatable bonds is 1. The second-order valence-corrected chi connectivity index (χ2v) is 4.09. The Morgan fingerprint density at radius 2 is 1.95 bits per heavy atom. The average molecular weight is 257 g/mol. The number of nitro benzene ring substituents is 1. The predicted octanol–water partition coefficient (Wildman–Crippen LogP) is 3.02. The van der Waals surface area contributed by atoms with Gasteiger partial charge in [-0.05, 0) is 12.1 Å². The number of non-ortho nitro benzene ring substituents is 1. The maximum absolute atomic E-state index is 13.8. The van der Waals surface area contributed by atoms with Crippen LogP contribution >= 0.6 is 0 Å². The van der Waals surface area contributed by atoms with E-state index >= 15 is 0 Å². The summed E-state index contributed by atoms with van der Waals surface area (Å²) in [6.45, 7) is 0. The first-order valence-corrected chi connectivity index (χ1v) is 5.50. The van der Waals surface area contributed by atoms with E-state index in [-0.39, 0.29) is 22.3 Å². The fourth-order valence-corrected chi connectivity index (χ4v) is 2.14. The van der Waals surface area contributed by atoms with Gasteiger partial charge < -0.3 is 5.73 Å². The highest BCUT2D eigenvalue weighted by Gasteiger charge is 2.20. The third-order valence-corrected chi connectivity index (χ3v) is 3.00. The lowest BCUT2D eigenvalue weighted by Gasteiger charge is -2.07. The third kappa shape index (κ3) is 1.57. The molecule has 0 aliphatic heterocycles. The maximum Gasteiger partial charge on any atom is 0.281 e. The van der Waals surface area contributed by atoms with E-state index in [0.717, 1.165) is 12.1 Å². The zero-order chi connectivity index (χ0) is 13.6. The Hall–Kier alpha value is -2.76. The van der Waals surface area contributed by atoms with Crippen LogP contribution < -0.4 is 5.73 Å². The van der Waals surface area contributed by atoms with E-state index in [1.165, 1.54) is 0 Å². The molecule has 1 aromatic heterocycles.